The molecule has 1 amide bonds. The fraction of sp³-hybridized carbons (Fsp3) is 0.429. The number of carbonyl (C=O) groups is 2. The minimum absolute atomic E-state index is 0.0431. The van der Waals surface area contributed by atoms with Crippen LogP contribution in [0.5, 0.6) is 0 Å². The van der Waals surface area contributed by atoms with Gasteiger partial charge in [-0.05, 0) is 26.0 Å². The van der Waals surface area contributed by atoms with E-state index in [0.29, 0.717) is 18.7 Å². The number of methoxy groups -OCH3 is 1. The Labute approximate surface area is 112 Å². The average Bonchev–Trinajstić information content (AvgIpc) is 2.41. The van der Waals surface area contributed by atoms with Gasteiger partial charge in [0.2, 0.25) is 5.91 Å². The van der Waals surface area contributed by atoms with Gasteiger partial charge in [0.1, 0.15) is 5.54 Å². The van der Waals surface area contributed by atoms with Crippen LogP contribution in [0.2, 0.25) is 0 Å². The van der Waals surface area contributed by atoms with Crippen molar-refractivity contribution in [1.82, 2.24) is 5.32 Å². The second kappa shape index (κ2) is 4.91. The summed E-state index contributed by atoms with van der Waals surface area (Å²) < 4.78 is 4.80. The second-order valence-electron chi connectivity index (χ2n) is 4.98. The summed E-state index contributed by atoms with van der Waals surface area (Å²) in [6, 6.07) is 7.19. The number of ether oxygens (including phenoxy) is 1. The third-order valence-corrected chi connectivity index (χ3v) is 3.45. The largest absolute Gasteiger partial charge is 0.465 e. The molecule has 0 atom stereocenters. The van der Waals surface area contributed by atoms with E-state index in [1.807, 2.05) is 30.9 Å². The lowest BCUT2D eigenvalue weighted by Crippen LogP contribution is -2.62. The number of para-hydroxylation sites is 1. The maximum Gasteiger partial charge on any atom is 0.339 e. The van der Waals surface area contributed by atoms with Crippen molar-refractivity contribution in [3.05, 3.63) is 29.8 Å². The van der Waals surface area contributed by atoms with Crippen molar-refractivity contribution in [1.29, 1.82) is 0 Å². The molecule has 1 aromatic rings. The topological polar surface area (TPSA) is 58.6 Å². The fourth-order valence-corrected chi connectivity index (χ4v) is 2.31. The van der Waals surface area contributed by atoms with Crippen molar-refractivity contribution >= 4 is 17.6 Å². The van der Waals surface area contributed by atoms with Gasteiger partial charge in [-0.25, -0.2) is 4.79 Å². The average molecular weight is 262 g/mol. The van der Waals surface area contributed by atoms with Gasteiger partial charge in [0.25, 0.3) is 0 Å². The van der Waals surface area contributed by atoms with Crippen LogP contribution in [0, 0.1) is 0 Å². The van der Waals surface area contributed by atoms with E-state index >= 15 is 0 Å². The first kappa shape index (κ1) is 13.4. The highest BCUT2D eigenvalue weighted by Crippen LogP contribution is 2.29. The Hall–Kier alpha value is -2.04. The first-order valence-electron chi connectivity index (χ1n) is 6.21. The summed E-state index contributed by atoms with van der Waals surface area (Å²) in [7, 11) is 1.35. The van der Waals surface area contributed by atoms with Crippen molar-refractivity contribution in [2.45, 2.75) is 19.4 Å². The van der Waals surface area contributed by atoms with Gasteiger partial charge < -0.3 is 15.0 Å². The minimum atomic E-state index is -0.692. The normalized spacial score (nSPS) is 17.8. The van der Waals surface area contributed by atoms with Crippen LogP contribution in [-0.4, -0.2) is 37.6 Å². The molecule has 1 fully saturated rings. The Bertz CT molecular complexity index is 511. The van der Waals surface area contributed by atoms with E-state index in [4.69, 9.17) is 4.74 Å². The maximum atomic E-state index is 12.0. The number of hydrogen-bond donors (Lipinski definition) is 1. The molecular weight excluding hydrogens is 244 g/mol. The zero-order valence-electron chi connectivity index (χ0n) is 11.4. The molecular formula is C14H18N2O3. The number of benzene rings is 1. The fourth-order valence-electron chi connectivity index (χ4n) is 2.31. The van der Waals surface area contributed by atoms with Crippen LogP contribution in [0.25, 0.3) is 0 Å². The molecule has 1 aliphatic rings. The highest BCUT2D eigenvalue weighted by molar-refractivity contribution is 5.98. The molecule has 0 unspecified atom stereocenters. The molecule has 1 N–H and O–H groups in total. The summed E-state index contributed by atoms with van der Waals surface area (Å²) in [4.78, 5) is 25.7. The van der Waals surface area contributed by atoms with E-state index in [9.17, 15) is 9.59 Å². The highest BCUT2D eigenvalue weighted by atomic mass is 16.5. The zero-order valence-corrected chi connectivity index (χ0v) is 11.4. The summed E-state index contributed by atoms with van der Waals surface area (Å²) in [5.74, 6) is -0.434. The number of amides is 1. The van der Waals surface area contributed by atoms with E-state index in [2.05, 4.69) is 5.32 Å². The Morgan fingerprint density at radius 2 is 2.05 bits per heavy atom. The number of anilines is 1. The predicted octanol–water partition coefficient (Wildman–Crippen LogP) is 1.19. The Balaban J connectivity index is 2.46. The molecule has 19 heavy (non-hydrogen) atoms. The molecule has 1 aliphatic heterocycles. The molecule has 1 aromatic carbocycles. The van der Waals surface area contributed by atoms with Crippen molar-refractivity contribution in [2.24, 2.45) is 0 Å². The Morgan fingerprint density at radius 1 is 1.37 bits per heavy atom. The first-order valence-corrected chi connectivity index (χ1v) is 6.21. The number of carbonyl (C=O) groups excluding carboxylic acids is 2. The standard InChI is InChI=1S/C14H18N2O3/c1-14(2)13(18)15-8-9-16(14)11-7-5-4-6-10(11)12(17)19-3/h4-7H,8-9H2,1-3H3,(H,15,18). The molecule has 5 heteroatoms. The van der Waals surface area contributed by atoms with Gasteiger partial charge in [0.15, 0.2) is 0 Å². The lowest BCUT2D eigenvalue weighted by molar-refractivity contribution is -0.126. The second-order valence-corrected chi connectivity index (χ2v) is 4.98. The number of nitrogens with one attached hydrogen (secondary N) is 1. The lowest BCUT2D eigenvalue weighted by atomic mass is 9.96. The summed E-state index contributed by atoms with van der Waals surface area (Å²) in [6.45, 7) is 4.91. The van der Waals surface area contributed by atoms with E-state index in [1.54, 1.807) is 12.1 Å². The van der Waals surface area contributed by atoms with Crippen molar-refractivity contribution in [3.8, 4) is 0 Å². The molecule has 0 spiro atoms. The number of esters is 1. The summed E-state index contributed by atoms with van der Waals surface area (Å²) in [5, 5.41) is 2.84. The third kappa shape index (κ3) is 2.28. The molecule has 5 nitrogen and oxygen atoms in total. The van der Waals surface area contributed by atoms with Crippen LogP contribution in [0.15, 0.2) is 24.3 Å². The predicted molar refractivity (Wildman–Crippen MR) is 72.2 cm³/mol. The quantitative estimate of drug-likeness (QED) is 0.813. The molecule has 0 aliphatic carbocycles. The van der Waals surface area contributed by atoms with Gasteiger partial charge in [-0.1, -0.05) is 12.1 Å². The van der Waals surface area contributed by atoms with Crippen LogP contribution in [0.4, 0.5) is 5.69 Å². The van der Waals surface area contributed by atoms with Crippen LogP contribution in [-0.2, 0) is 9.53 Å². The van der Waals surface area contributed by atoms with E-state index in [-0.39, 0.29) is 5.91 Å². The van der Waals surface area contributed by atoms with Crippen LogP contribution in [0.3, 0.4) is 0 Å². The van der Waals surface area contributed by atoms with Gasteiger partial charge in [0.05, 0.1) is 18.4 Å². The monoisotopic (exact) mass is 262 g/mol. The molecule has 0 aromatic heterocycles. The summed E-state index contributed by atoms with van der Waals surface area (Å²) >= 11 is 0. The van der Waals surface area contributed by atoms with Gasteiger partial charge in [-0.2, -0.15) is 0 Å². The smallest absolute Gasteiger partial charge is 0.339 e. The Morgan fingerprint density at radius 3 is 2.74 bits per heavy atom. The zero-order chi connectivity index (χ0) is 14.0. The van der Waals surface area contributed by atoms with Crippen molar-refractivity contribution in [3.63, 3.8) is 0 Å². The van der Waals surface area contributed by atoms with Gasteiger partial charge in [0, 0.05) is 13.1 Å². The SMILES string of the molecule is COC(=O)c1ccccc1N1CCNC(=O)C1(C)C. The minimum Gasteiger partial charge on any atom is -0.465 e. The number of rotatable bonds is 2. The van der Waals surface area contributed by atoms with E-state index in [1.165, 1.54) is 7.11 Å². The molecule has 0 radical (unpaired) electrons. The third-order valence-electron chi connectivity index (χ3n) is 3.45. The molecule has 0 bridgehead atoms. The number of piperazine rings is 1. The van der Waals surface area contributed by atoms with Gasteiger partial charge in [-0.3, -0.25) is 4.79 Å². The molecule has 1 saturated heterocycles. The molecule has 2 rings (SSSR count). The molecule has 0 saturated carbocycles. The van der Waals surface area contributed by atoms with Gasteiger partial charge in [-0.15, -0.1) is 0 Å². The number of hydrogen-bond acceptors (Lipinski definition) is 4. The Kier molecular flexibility index (Phi) is 3.46. The van der Waals surface area contributed by atoms with Crippen LogP contribution in [0.1, 0.15) is 24.2 Å². The van der Waals surface area contributed by atoms with Crippen LogP contribution < -0.4 is 10.2 Å². The maximum absolute atomic E-state index is 12.0. The highest BCUT2D eigenvalue weighted by Gasteiger charge is 2.39. The number of nitrogens with zero attached hydrogens (tertiary/aromatic N) is 1. The molecule has 1 heterocycles. The van der Waals surface area contributed by atoms with Crippen molar-refractivity contribution < 1.29 is 14.3 Å². The van der Waals surface area contributed by atoms with E-state index < -0.39 is 11.5 Å². The van der Waals surface area contributed by atoms with E-state index in [0.717, 1.165) is 5.69 Å². The summed E-state index contributed by atoms with van der Waals surface area (Å²) in [6.07, 6.45) is 0. The first-order chi connectivity index (χ1) is 8.98. The summed E-state index contributed by atoms with van der Waals surface area (Å²) in [5.41, 5.74) is 0.518. The van der Waals surface area contributed by atoms with Gasteiger partial charge >= 0.3 is 5.97 Å². The lowest BCUT2D eigenvalue weighted by Gasteiger charge is -2.43. The van der Waals surface area contributed by atoms with Crippen LogP contribution >= 0.6 is 0 Å². The molecule has 102 valence electrons. The van der Waals surface area contributed by atoms with Crippen molar-refractivity contribution in [2.75, 3.05) is 25.1 Å².